The van der Waals surface area contributed by atoms with Crippen LogP contribution >= 0.6 is 0 Å². The van der Waals surface area contributed by atoms with Crippen molar-refractivity contribution in [1.29, 1.82) is 0 Å². The highest BCUT2D eigenvalue weighted by Gasteiger charge is 2.76. The van der Waals surface area contributed by atoms with Crippen molar-refractivity contribution in [2.75, 3.05) is 0 Å². The predicted octanol–water partition coefficient (Wildman–Crippen LogP) is 3.90. The van der Waals surface area contributed by atoms with E-state index < -0.39 is 74.8 Å². The van der Waals surface area contributed by atoms with Gasteiger partial charge in [0.05, 0.1) is 11.5 Å². The summed E-state index contributed by atoms with van der Waals surface area (Å²) in [5, 5.41) is 22.8. The summed E-state index contributed by atoms with van der Waals surface area (Å²) in [7, 11) is 0. The number of aliphatic hydroxyl groups is 1. The number of phenolic OH excluding ortho intramolecular Hbond substituents is 1. The van der Waals surface area contributed by atoms with Crippen LogP contribution in [-0.2, 0) is 25.6 Å². The van der Waals surface area contributed by atoms with Crippen LogP contribution in [0.4, 0.5) is 4.39 Å². The van der Waals surface area contributed by atoms with Crippen molar-refractivity contribution in [1.82, 2.24) is 0 Å². The summed E-state index contributed by atoms with van der Waals surface area (Å²) in [5.41, 5.74) is -3.84. The second-order valence-electron chi connectivity index (χ2n) is 12.3. The van der Waals surface area contributed by atoms with Crippen molar-refractivity contribution in [3.63, 3.8) is 0 Å². The minimum absolute atomic E-state index is 0.0262. The van der Waals surface area contributed by atoms with Crippen LogP contribution in [0.3, 0.4) is 0 Å². The number of Topliss-reactive ketones (excluding diaryl/α,β-unsaturated/α-hetero) is 5. The molecule has 0 saturated heterocycles. The minimum atomic E-state index is -2.73. The second-order valence-corrected chi connectivity index (χ2v) is 12.3. The van der Waals surface area contributed by atoms with Crippen LogP contribution < -0.4 is 0 Å². The van der Waals surface area contributed by atoms with Gasteiger partial charge in [0.15, 0.2) is 28.7 Å². The molecule has 2 saturated carbocycles. The maximum absolute atomic E-state index is 14.3. The molecule has 0 radical (unpaired) electrons. The van der Waals surface area contributed by atoms with Crippen molar-refractivity contribution < 1.29 is 38.6 Å². The first-order chi connectivity index (χ1) is 18.1. The molecule has 2 aromatic rings. The van der Waals surface area contributed by atoms with Gasteiger partial charge in [0, 0.05) is 11.3 Å². The smallest absolute Gasteiger partial charge is 0.190 e. The molecule has 0 amide bonds. The van der Waals surface area contributed by atoms with Gasteiger partial charge in [-0.25, -0.2) is 4.39 Å². The lowest BCUT2D eigenvalue weighted by atomic mass is 9.40. The zero-order valence-corrected chi connectivity index (χ0v) is 22.5. The van der Waals surface area contributed by atoms with Crippen molar-refractivity contribution in [2.24, 2.45) is 34.5 Å². The summed E-state index contributed by atoms with van der Waals surface area (Å²) in [5.74, 6) is -9.75. The Morgan fingerprint density at radius 3 is 2.18 bits per heavy atom. The Bertz CT molecular complexity index is 1470. The van der Waals surface area contributed by atoms with Gasteiger partial charge in [0.1, 0.15) is 23.3 Å². The van der Waals surface area contributed by atoms with E-state index in [4.69, 9.17) is 0 Å². The predicted molar refractivity (Wildman–Crippen MR) is 138 cm³/mol. The van der Waals surface area contributed by atoms with Gasteiger partial charge in [-0.15, -0.1) is 0 Å². The number of hydrogen-bond acceptors (Lipinski definition) is 7. The van der Waals surface area contributed by atoms with Crippen molar-refractivity contribution >= 4 is 28.9 Å². The van der Waals surface area contributed by atoms with E-state index in [1.807, 2.05) is 0 Å². The van der Waals surface area contributed by atoms with Gasteiger partial charge < -0.3 is 10.2 Å². The van der Waals surface area contributed by atoms with Gasteiger partial charge in [-0.05, 0) is 66.0 Å². The Kier molecular flexibility index (Phi) is 5.89. The Hall–Kier alpha value is -3.52. The summed E-state index contributed by atoms with van der Waals surface area (Å²) in [6, 6.07) is 8.64. The molecule has 3 unspecified atom stereocenters. The maximum Gasteiger partial charge on any atom is 0.190 e. The summed E-state index contributed by atoms with van der Waals surface area (Å²) in [6.45, 7) is 7.83. The summed E-state index contributed by atoms with van der Waals surface area (Å²) in [4.78, 5) is 68.0. The molecule has 5 rings (SSSR count). The number of aromatic hydroxyl groups is 1. The van der Waals surface area contributed by atoms with Gasteiger partial charge in [0.2, 0.25) is 0 Å². The number of ketones is 5. The molecule has 0 bridgehead atoms. The Morgan fingerprint density at radius 2 is 1.62 bits per heavy atom. The molecular formula is C31H31FO7. The van der Waals surface area contributed by atoms with E-state index in [0.29, 0.717) is 16.7 Å². The van der Waals surface area contributed by atoms with E-state index in [1.54, 1.807) is 39.0 Å². The first kappa shape index (κ1) is 27.1. The quantitative estimate of drug-likeness (QED) is 0.572. The third-order valence-electron chi connectivity index (χ3n) is 9.42. The molecule has 39 heavy (non-hydrogen) atoms. The van der Waals surface area contributed by atoms with Crippen LogP contribution in [-0.4, -0.2) is 44.7 Å². The number of carbonyl (C=O) groups is 5. The SMILES string of the molecule is CC(=O)C1C(=O)C(C(C)C)[C@@]2(C)C[C@@]3(C)Cc4c(-c5ccc(F)cc5)ccc(O)c4C(=O)C3C(=O)[C@@]2(O)C1=O. The first-order valence-electron chi connectivity index (χ1n) is 13.1. The summed E-state index contributed by atoms with van der Waals surface area (Å²) in [6.07, 6.45) is 0.0994. The number of benzene rings is 2. The molecule has 2 fully saturated rings. The maximum atomic E-state index is 14.3. The largest absolute Gasteiger partial charge is 0.507 e. The number of fused-ring (bicyclic) bond motifs is 3. The summed E-state index contributed by atoms with van der Waals surface area (Å²) < 4.78 is 13.6. The van der Waals surface area contributed by atoms with E-state index >= 15 is 0 Å². The van der Waals surface area contributed by atoms with Gasteiger partial charge in [0.25, 0.3) is 0 Å². The summed E-state index contributed by atoms with van der Waals surface area (Å²) >= 11 is 0. The molecule has 0 aromatic heterocycles. The standard InChI is InChI=1S/C31H31FO7/c1-14(2)23-25(35)21(15(3)33)27(37)31(39)28(38)24-26(36)22-19(12-29(24,4)13-30(23,31)5)18(10-11-20(22)34)16-6-8-17(32)9-7-16/h6-11,14,21,23-24,34,39H,12-13H2,1-5H3/t21?,23?,24?,29-,30-,31+/m1/s1. The van der Waals surface area contributed by atoms with E-state index in [2.05, 4.69) is 0 Å². The van der Waals surface area contributed by atoms with Crippen LogP contribution in [0, 0.1) is 40.3 Å². The molecule has 8 heteroatoms. The molecule has 0 heterocycles. The highest BCUT2D eigenvalue weighted by molar-refractivity contribution is 6.32. The fraction of sp³-hybridized carbons (Fsp3) is 0.452. The average molecular weight is 535 g/mol. The third-order valence-corrected chi connectivity index (χ3v) is 9.42. The Morgan fingerprint density at radius 1 is 1.00 bits per heavy atom. The van der Waals surface area contributed by atoms with Crippen molar-refractivity contribution in [2.45, 2.75) is 53.1 Å². The number of phenols is 1. The number of halogens is 1. The highest BCUT2D eigenvalue weighted by Crippen LogP contribution is 2.64. The van der Waals surface area contributed by atoms with Crippen molar-refractivity contribution in [3.8, 4) is 16.9 Å². The van der Waals surface area contributed by atoms with E-state index in [1.165, 1.54) is 25.1 Å². The molecule has 3 aliphatic rings. The molecule has 3 aliphatic carbocycles. The fourth-order valence-corrected chi connectivity index (χ4v) is 8.04. The molecular weight excluding hydrogens is 503 g/mol. The van der Waals surface area contributed by atoms with Gasteiger partial charge >= 0.3 is 0 Å². The molecule has 7 nitrogen and oxygen atoms in total. The first-order valence-corrected chi connectivity index (χ1v) is 13.1. The lowest BCUT2D eigenvalue weighted by Gasteiger charge is -2.61. The zero-order valence-electron chi connectivity index (χ0n) is 22.5. The number of rotatable bonds is 3. The van der Waals surface area contributed by atoms with Gasteiger partial charge in [-0.3, -0.25) is 24.0 Å². The van der Waals surface area contributed by atoms with Gasteiger partial charge in [-0.1, -0.05) is 45.9 Å². The monoisotopic (exact) mass is 534 g/mol. The normalized spacial score (nSPS) is 34.0. The lowest BCUT2D eigenvalue weighted by Crippen LogP contribution is -2.76. The fourth-order valence-electron chi connectivity index (χ4n) is 8.04. The molecule has 204 valence electrons. The zero-order chi connectivity index (χ0) is 28.8. The lowest BCUT2D eigenvalue weighted by molar-refractivity contribution is -0.205. The minimum Gasteiger partial charge on any atom is -0.507 e. The number of carbonyl (C=O) groups excluding carboxylic acids is 5. The van der Waals surface area contributed by atoms with Crippen LogP contribution in [0.2, 0.25) is 0 Å². The van der Waals surface area contributed by atoms with Crippen LogP contribution in [0.5, 0.6) is 5.75 Å². The van der Waals surface area contributed by atoms with Crippen LogP contribution in [0.25, 0.3) is 11.1 Å². The molecule has 2 N–H and O–H groups in total. The van der Waals surface area contributed by atoms with Crippen LogP contribution in [0.1, 0.15) is 57.0 Å². The van der Waals surface area contributed by atoms with Gasteiger partial charge in [-0.2, -0.15) is 0 Å². The van der Waals surface area contributed by atoms with E-state index in [0.717, 1.165) is 6.92 Å². The topological polar surface area (TPSA) is 126 Å². The third kappa shape index (κ3) is 3.40. The molecule has 6 atom stereocenters. The van der Waals surface area contributed by atoms with E-state index in [-0.39, 0.29) is 24.2 Å². The second kappa shape index (κ2) is 8.49. The molecule has 0 aliphatic heterocycles. The molecule has 0 spiro atoms. The Balaban J connectivity index is 1.74. The Labute approximate surface area is 225 Å². The van der Waals surface area contributed by atoms with Crippen LogP contribution in [0.15, 0.2) is 36.4 Å². The number of hydrogen-bond donors (Lipinski definition) is 2. The molecule has 2 aromatic carbocycles. The van der Waals surface area contributed by atoms with Crippen molar-refractivity contribution in [3.05, 3.63) is 53.3 Å². The average Bonchev–Trinajstić information content (AvgIpc) is 2.82. The van der Waals surface area contributed by atoms with E-state index in [9.17, 15) is 38.6 Å². The highest BCUT2D eigenvalue weighted by atomic mass is 19.1.